The van der Waals surface area contributed by atoms with E-state index in [0.29, 0.717) is 35.1 Å². The maximum atomic E-state index is 16.7. The van der Waals surface area contributed by atoms with Gasteiger partial charge in [0.2, 0.25) is 0 Å². The van der Waals surface area contributed by atoms with Crippen LogP contribution >= 0.6 is 0 Å². The van der Waals surface area contributed by atoms with Gasteiger partial charge in [-0.15, -0.1) is 6.42 Å². The van der Waals surface area contributed by atoms with Crippen molar-refractivity contribution < 1.29 is 18.6 Å². The molecule has 10 heteroatoms. The number of aromatic hydroxyl groups is 1. The van der Waals surface area contributed by atoms with Crippen LogP contribution in [0.15, 0.2) is 30.5 Å². The van der Waals surface area contributed by atoms with E-state index in [-0.39, 0.29) is 39.5 Å². The van der Waals surface area contributed by atoms with Crippen LogP contribution < -0.4 is 15.2 Å². The molecule has 228 valence electrons. The zero-order valence-corrected chi connectivity index (χ0v) is 24.7. The van der Waals surface area contributed by atoms with Crippen molar-refractivity contribution in [2.75, 3.05) is 44.3 Å². The van der Waals surface area contributed by atoms with Gasteiger partial charge in [0.25, 0.3) is 0 Å². The number of anilines is 1. The van der Waals surface area contributed by atoms with E-state index >= 15 is 4.39 Å². The van der Waals surface area contributed by atoms with Gasteiger partial charge < -0.3 is 14.7 Å². The molecule has 0 radical (unpaired) electrons. The SMILES string of the molecule is C#Cc1c(F)ccc2cc(O)cc(-c3ncc4c(N5CCCCCN5)nc(OCC5(CN6CCCCC6)CC5)nc4c3F)c12. The molecule has 2 aromatic heterocycles. The minimum absolute atomic E-state index is 0.0246. The van der Waals surface area contributed by atoms with Gasteiger partial charge in [-0.05, 0) is 75.2 Å². The number of piperidine rings is 1. The molecule has 7 rings (SSSR count). The second kappa shape index (κ2) is 11.8. The van der Waals surface area contributed by atoms with Crippen LogP contribution in [0.25, 0.3) is 32.9 Å². The first kappa shape index (κ1) is 28.7. The molecule has 0 spiro atoms. The van der Waals surface area contributed by atoms with Crippen LogP contribution in [0.1, 0.15) is 56.9 Å². The van der Waals surface area contributed by atoms with E-state index in [1.54, 1.807) is 0 Å². The van der Waals surface area contributed by atoms with Gasteiger partial charge in [0.15, 0.2) is 11.6 Å². The normalized spacial score (nSPS) is 18.7. The number of hydrogen-bond donors (Lipinski definition) is 2. The summed E-state index contributed by atoms with van der Waals surface area (Å²) >= 11 is 0. The number of nitrogens with one attached hydrogen (secondary N) is 1. The number of phenols is 1. The number of benzene rings is 2. The zero-order chi connectivity index (χ0) is 30.3. The molecule has 2 saturated heterocycles. The first-order chi connectivity index (χ1) is 21.4. The molecular weight excluding hydrogens is 562 g/mol. The number of fused-ring (bicyclic) bond motifs is 2. The highest BCUT2D eigenvalue weighted by atomic mass is 19.1. The summed E-state index contributed by atoms with van der Waals surface area (Å²) in [5.74, 6) is 1.44. The molecule has 2 aromatic carbocycles. The number of likely N-dealkylation sites (tertiary alicyclic amines) is 1. The Kier molecular flexibility index (Phi) is 7.69. The number of ether oxygens (including phenoxy) is 1. The molecule has 3 fully saturated rings. The molecule has 4 aromatic rings. The van der Waals surface area contributed by atoms with Gasteiger partial charge in [0, 0.05) is 42.2 Å². The highest BCUT2D eigenvalue weighted by Crippen LogP contribution is 2.47. The number of rotatable bonds is 7. The summed E-state index contributed by atoms with van der Waals surface area (Å²) in [5, 5.41) is 13.6. The first-order valence-corrected chi connectivity index (χ1v) is 15.6. The Morgan fingerprint density at radius 3 is 2.61 bits per heavy atom. The third-order valence-electron chi connectivity index (χ3n) is 9.18. The Bertz CT molecular complexity index is 1760. The van der Waals surface area contributed by atoms with Crippen molar-refractivity contribution in [3.05, 3.63) is 47.7 Å². The van der Waals surface area contributed by atoms with Gasteiger partial charge in [-0.1, -0.05) is 24.8 Å². The van der Waals surface area contributed by atoms with Crippen LogP contribution in [0.5, 0.6) is 11.8 Å². The van der Waals surface area contributed by atoms with Gasteiger partial charge in [0.1, 0.15) is 22.8 Å². The zero-order valence-electron chi connectivity index (χ0n) is 24.7. The average molecular weight is 599 g/mol. The number of aromatic nitrogens is 3. The fourth-order valence-electron chi connectivity index (χ4n) is 6.61. The number of hydrogen-bond acceptors (Lipinski definition) is 8. The number of terminal acetylenes is 1. The summed E-state index contributed by atoms with van der Waals surface area (Å²) < 4.78 is 37.7. The van der Waals surface area contributed by atoms with Gasteiger partial charge >= 0.3 is 6.01 Å². The summed E-state index contributed by atoms with van der Waals surface area (Å²) in [7, 11) is 0. The molecule has 0 amide bonds. The number of halogens is 2. The van der Waals surface area contributed by atoms with Crippen LogP contribution in [0.4, 0.5) is 14.6 Å². The standard InChI is InChI=1S/C34H36F2N6O2/c1-2-24-27(35)10-9-22-17-23(43)18-25(28(22)24)30-29(36)31-26(19-37-30)32(42-16-8-3-5-13-38-42)40-33(39-31)44-21-34(11-12-34)20-41-14-6-4-7-15-41/h1,9-10,17-19,38,43H,3-8,11-16,20-21H2. The summed E-state index contributed by atoms with van der Waals surface area (Å²) in [5.41, 5.74) is 3.57. The van der Waals surface area contributed by atoms with Crippen molar-refractivity contribution in [3.8, 4) is 35.4 Å². The Hall–Kier alpha value is -4.07. The van der Waals surface area contributed by atoms with Crippen molar-refractivity contribution in [2.24, 2.45) is 5.41 Å². The summed E-state index contributed by atoms with van der Waals surface area (Å²) in [6.07, 6.45) is 16.2. The third kappa shape index (κ3) is 5.51. The van der Waals surface area contributed by atoms with Crippen molar-refractivity contribution >= 4 is 27.5 Å². The summed E-state index contributed by atoms with van der Waals surface area (Å²) in [6.45, 7) is 5.15. The lowest BCUT2D eigenvalue weighted by atomic mass is 9.96. The maximum absolute atomic E-state index is 16.7. The minimum atomic E-state index is -0.723. The molecule has 0 unspecified atom stereocenters. The van der Waals surface area contributed by atoms with Crippen LogP contribution in [-0.2, 0) is 0 Å². The molecule has 3 aliphatic rings. The van der Waals surface area contributed by atoms with Gasteiger partial charge in [0.05, 0.1) is 17.6 Å². The molecule has 8 nitrogen and oxygen atoms in total. The fourth-order valence-corrected chi connectivity index (χ4v) is 6.61. The largest absolute Gasteiger partial charge is 0.508 e. The topological polar surface area (TPSA) is 86.6 Å². The molecule has 0 atom stereocenters. The number of nitrogens with zero attached hydrogens (tertiary/aromatic N) is 5. The fraction of sp³-hybridized carbons (Fsp3) is 0.441. The Labute approximate surface area is 255 Å². The van der Waals surface area contributed by atoms with E-state index < -0.39 is 11.6 Å². The summed E-state index contributed by atoms with van der Waals surface area (Å²) in [6, 6.07) is 5.67. The molecule has 2 N–H and O–H groups in total. The van der Waals surface area contributed by atoms with Crippen LogP contribution in [0.3, 0.4) is 0 Å². The smallest absolute Gasteiger partial charge is 0.319 e. The van der Waals surface area contributed by atoms with E-state index in [2.05, 4.69) is 26.2 Å². The van der Waals surface area contributed by atoms with E-state index in [4.69, 9.17) is 16.1 Å². The molecule has 4 heterocycles. The summed E-state index contributed by atoms with van der Waals surface area (Å²) in [4.78, 5) is 16.4. The third-order valence-corrected chi connectivity index (χ3v) is 9.18. The van der Waals surface area contributed by atoms with Crippen LogP contribution in [0.2, 0.25) is 0 Å². The predicted molar refractivity (Wildman–Crippen MR) is 166 cm³/mol. The lowest BCUT2D eigenvalue weighted by Gasteiger charge is -2.30. The van der Waals surface area contributed by atoms with Crippen molar-refractivity contribution in [3.63, 3.8) is 0 Å². The predicted octanol–water partition coefficient (Wildman–Crippen LogP) is 5.95. The van der Waals surface area contributed by atoms with Crippen molar-refractivity contribution in [1.82, 2.24) is 25.3 Å². The van der Waals surface area contributed by atoms with Crippen molar-refractivity contribution in [1.29, 1.82) is 0 Å². The Balaban J connectivity index is 1.32. The second-order valence-corrected chi connectivity index (χ2v) is 12.4. The van der Waals surface area contributed by atoms with Crippen LogP contribution in [-0.4, -0.2) is 64.3 Å². The lowest BCUT2D eigenvalue weighted by Crippen LogP contribution is -2.39. The molecular formula is C34H36F2N6O2. The minimum Gasteiger partial charge on any atom is -0.508 e. The maximum Gasteiger partial charge on any atom is 0.319 e. The van der Waals surface area contributed by atoms with E-state index in [1.807, 2.05) is 5.01 Å². The number of phenolic OH excluding ortho intramolecular Hbond substituents is 1. The second-order valence-electron chi connectivity index (χ2n) is 12.4. The Morgan fingerprint density at radius 2 is 1.82 bits per heavy atom. The molecule has 0 bridgehead atoms. The molecule has 1 saturated carbocycles. The quantitative estimate of drug-likeness (QED) is 0.253. The highest BCUT2D eigenvalue weighted by molar-refractivity contribution is 6.03. The number of hydrazine groups is 1. The molecule has 2 aliphatic heterocycles. The van der Waals surface area contributed by atoms with Crippen molar-refractivity contribution in [2.45, 2.75) is 51.4 Å². The van der Waals surface area contributed by atoms with Gasteiger partial charge in [-0.2, -0.15) is 9.97 Å². The number of pyridine rings is 1. The van der Waals surface area contributed by atoms with Crippen LogP contribution in [0, 0.1) is 29.4 Å². The van der Waals surface area contributed by atoms with Gasteiger partial charge in [-0.25, -0.2) is 14.2 Å². The highest BCUT2D eigenvalue weighted by Gasteiger charge is 2.45. The first-order valence-electron chi connectivity index (χ1n) is 15.6. The Morgan fingerprint density at radius 1 is 1.02 bits per heavy atom. The van der Waals surface area contributed by atoms with E-state index in [1.165, 1.54) is 49.7 Å². The van der Waals surface area contributed by atoms with E-state index in [9.17, 15) is 9.50 Å². The average Bonchev–Trinajstić information content (AvgIpc) is 3.84. The van der Waals surface area contributed by atoms with E-state index in [0.717, 1.165) is 58.3 Å². The molecule has 1 aliphatic carbocycles. The van der Waals surface area contributed by atoms with Gasteiger partial charge in [-0.3, -0.25) is 9.99 Å². The monoisotopic (exact) mass is 598 g/mol. The lowest BCUT2D eigenvalue weighted by molar-refractivity contribution is 0.139. The molecule has 44 heavy (non-hydrogen) atoms.